The monoisotopic (exact) mass is 479 g/mol. The maximum Gasteiger partial charge on any atom is 0.286 e. The Morgan fingerprint density at radius 3 is 2.18 bits per heavy atom. The maximum atomic E-state index is 14.0. The van der Waals surface area contributed by atoms with Gasteiger partial charge in [-0.05, 0) is 51.1 Å². The van der Waals surface area contributed by atoms with Gasteiger partial charge in [-0.15, -0.1) is 0 Å². The molecule has 2 aromatic heterocycles. The Kier molecular flexibility index (Phi) is 6.38. The van der Waals surface area contributed by atoms with Gasteiger partial charge in [-0.25, -0.2) is 27.8 Å². The van der Waals surface area contributed by atoms with Crippen molar-refractivity contribution < 1.29 is 21.6 Å². The molecule has 0 aliphatic rings. The summed E-state index contributed by atoms with van der Waals surface area (Å²) in [6.07, 6.45) is 0.974. The predicted octanol–water partition coefficient (Wildman–Crippen LogP) is 5.15. The first-order valence-electron chi connectivity index (χ1n) is 9.91. The van der Waals surface area contributed by atoms with Crippen molar-refractivity contribution in [2.75, 3.05) is 16.9 Å². The van der Waals surface area contributed by atoms with Crippen molar-refractivity contribution in [1.82, 2.24) is 15.0 Å². The van der Waals surface area contributed by atoms with E-state index in [9.17, 15) is 21.6 Å². The highest BCUT2D eigenvalue weighted by Crippen LogP contribution is 2.29. The smallest absolute Gasteiger partial charge is 0.286 e. The standard InChI is InChI=1S/C22H24F3N5O2S/c1-21(2,3)30-19-12-18(26-14-9-13(23)10-15(11-14)33(5,31)32)28-20(29-19)16-7-6-8-17(27-16)22(4,24)25/h6-12H,1-5H3,(H2,26,28,29,30). The summed E-state index contributed by atoms with van der Waals surface area (Å²) in [5.41, 5.74) is -0.568. The minimum Gasteiger partial charge on any atom is -0.365 e. The van der Waals surface area contributed by atoms with Gasteiger partial charge in [0.2, 0.25) is 0 Å². The molecule has 0 unspecified atom stereocenters. The van der Waals surface area contributed by atoms with Crippen LogP contribution in [0.25, 0.3) is 11.5 Å². The molecule has 2 heterocycles. The van der Waals surface area contributed by atoms with E-state index in [0.717, 1.165) is 25.3 Å². The maximum absolute atomic E-state index is 14.0. The Morgan fingerprint density at radius 1 is 0.909 bits per heavy atom. The van der Waals surface area contributed by atoms with Crippen molar-refractivity contribution in [3.05, 3.63) is 54.0 Å². The summed E-state index contributed by atoms with van der Waals surface area (Å²) in [4.78, 5) is 12.5. The van der Waals surface area contributed by atoms with Crippen LogP contribution in [-0.4, -0.2) is 35.2 Å². The summed E-state index contributed by atoms with van der Waals surface area (Å²) in [5, 5.41) is 6.04. The molecule has 0 saturated heterocycles. The van der Waals surface area contributed by atoms with Crippen LogP contribution in [0.1, 0.15) is 33.4 Å². The lowest BCUT2D eigenvalue weighted by Crippen LogP contribution is -2.27. The van der Waals surface area contributed by atoms with E-state index >= 15 is 0 Å². The molecule has 0 aliphatic carbocycles. The van der Waals surface area contributed by atoms with Crippen LogP contribution in [0.5, 0.6) is 0 Å². The number of pyridine rings is 1. The van der Waals surface area contributed by atoms with Crippen LogP contribution in [0, 0.1) is 5.82 Å². The van der Waals surface area contributed by atoms with E-state index in [1.165, 1.54) is 30.3 Å². The number of halogens is 3. The van der Waals surface area contributed by atoms with Gasteiger partial charge in [0, 0.05) is 30.5 Å². The van der Waals surface area contributed by atoms with Crippen molar-refractivity contribution in [2.45, 2.75) is 44.1 Å². The molecule has 176 valence electrons. The van der Waals surface area contributed by atoms with Crippen LogP contribution in [0.15, 0.2) is 47.4 Å². The SMILES string of the molecule is CC(C)(C)Nc1cc(Nc2cc(F)cc(S(C)(=O)=O)c2)nc(-c2cccc(C(C)(F)F)n2)n1. The molecule has 0 radical (unpaired) electrons. The van der Waals surface area contributed by atoms with Crippen molar-refractivity contribution in [3.63, 3.8) is 0 Å². The number of hydrogen-bond donors (Lipinski definition) is 2. The van der Waals surface area contributed by atoms with Gasteiger partial charge in [0.1, 0.15) is 28.8 Å². The Labute approximate surface area is 190 Å². The zero-order chi connectivity index (χ0) is 24.6. The lowest BCUT2D eigenvalue weighted by molar-refractivity contribution is 0.0129. The first kappa shape index (κ1) is 24.4. The summed E-state index contributed by atoms with van der Waals surface area (Å²) in [6, 6.07) is 8.98. The van der Waals surface area contributed by atoms with Gasteiger partial charge in [-0.2, -0.15) is 8.78 Å². The normalized spacial score (nSPS) is 12.5. The zero-order valence-electron chi connectivity index (χ0n) is 18.7. The Hall–Kier alpha value is -3.21. The topological polar surface area (TPSA) is 96.9 Å². The molecule has 11 heteroatoms. The number of rotatable bonds is 6. The summed E-state index contributed by atoms with van der Waals surface area (Å²) < 4.78 is 65.3. The van der Waals surface area contributed by atoms with Crippen LogP contribution in [-0.2, 0) is 15.8 Å². The van der Waals surface area contributed by atoms with Crippen molar-refractivity contribution in [1.29, 1.82) is 0 Å². The average Bonchev–Trinajstić information content (AvgIpc) is 2.64. The van der Waals surface area contributed by atoms with Gasteiger partial charge >= 0.3 is 0 Å². The molecule has 0 saturated carbocycles. The van der Waals surface area contributed by atoms with Crippen LogP contribution in [0.3, 0.4) is 0 Å². The van der Waals surface area contributed by atoms with E-state index in [1.807, 2.05) is 20.8 Å². The molecule has 7 nitrogen and oxygen atoms in total. The molecule has 0 aliphatic heterocycles. The van der Waals surface area contributed by atoms with Crippen LogP contribution < -0.4 is 10.6 Å². The molecule has 0 amide bonds. The van der Waals surface area contributed by atoms with Crippen molar-refractivity contribution in [2.24, 2.45) is 0 Å². The lowest BCUT2D eigenvalue weighted by atomic mass is 10.1. The fraction of sp³-hybridized carbons (Fsp3) is 0.318. The highest BCUT2D eigenvalue weighted by Gasteiger charge is 2.26. The summed E-state index contributed by atoms with van der Waals surface area (Å²) in [5.74, 6) is -3.29. The fourth-order valence-corrected chi connectivity index (χ4v) is 3.54. The molecule has 33 heavy (non-hydrogen) atoms. The predicted molar refractivity (Wildman–Crippen MR) is 121 cm³/mol. The minimum atomic E-state index is -3.65. The molecule has 0 fully saturated rings. The van der Waals surface area contributed by atoms with E-state index in [-0.39, 0.29) is 27.9 Å². The molecule has 3 rings (SSSR count). The Morgan fingerprint density at radius 2 is 1.58 bits per heavy atom. The van der Waals surface area contributed by atoms with Crippen LogP contribution >= 0.6 is 0 Å². The van der Waals surface area contributed by atoms with Gasteiger partial charge in [0.15, 0.2) is 15.7 Å². The third kappa shape index (κ3) is 6.64. The third-order valence-corrected chi connectivity index (χ3v) is 5.32. The third-order valence-electron chi connectivity index (χ3n) is 4.23. The van der Waals surface area contributed by atoms with E-state index in [0.29, 0.717) is 5.82 Å². The largest absolute Gasteiger partial charge is 0.365 e. The van der Waals surface area contributed by atoms with Crippen molar-refractivity contribution in [3.8, 4) is 11.5 Å². The first-order chi connectivity index (χ1) is 15.1. The number of sulfone groups is 1. The second kappa shape index (κ2) is 8.62. The number of alkyl halides is 2. The van der Waals surface area contributed by atoms with Crippen LogP contribution in [0.4, 0.5) is 30.5 Å². The number of aromatic nitrogens is 3. The number of nitrogens with one attached hydrogen (secondary N) is 2. The number of anilines is 3. The highest BCUT2D eigenvalue weighted by atomic mass is 32.2. The van der Waals surface area contributed by atoms with E-state index in [2.05, 4.69) is 25.6 Å². The van der Waals surface area contributed by atoms with Crippen molar-refractivity contribution >= 4 is 27.2 Å². The summed E-state index contributed by atoms with van der Waals surface area (Å²) in [6.45, 7) is 6.46. The minimum absolute atomic E-state index is 0.0533. The number of nitrogens with zero attached hydrogens (tertiary/aromatic N) is 3. The van der Waals surface area contributed by atoms with E-state index in [4.69, 9.17) is 0 Å². The van der Waals surface area contributed by atoms with Gasteiger partial charge < -0.3 is 10.6 Å². The number of hydrogen-bond acceptors (Lipinski definition) is 7. The van der Waals surface area contributed by atoms with E-state index < -0.39 is 32.8 Å². The zero-order valence-corrected chi connectivity index (χ0v) is 19.6. The molecular weight excluding hydrogens is 455 g/mol. The second-order valence-corrected chi connectivity index (χ2v) is 10.7. The molecule has 2 N–H and O–H groups in total. The van der Waals surface area contributed by atoms with Gasteiger partial charge in [-0.1, -0.05) is 6.07 Å². The average molecular weight is 480 g/mol. The number of benzene rings is 1. The van der Waals surface area contributed by atoms with Gasteiger partial charge in [-0.3, -0.25) is 0 Å². The van der Waals surface area contributed by atoms with Gasteiger partial charge in [0.25, 0.3) is 5.92 Å². The molecule has 0 spiro atoms. The van der Waals surface area contributed by atoms with E-state index in [1.54, 1.807) is 0 Å². The second-order valence-electron chi connectivity index (χ2n) is 8.71. The summed E-state index contributed by atoms with van der Waals surface area (Å²) in [7, 11) is -3.65. The van der Waals surface area contributed by atoms with Gasteiger partial charge in [0.05, 0.1) is 4.90 Å². The summed E-state index contributed by atoms with van der Waals surface area (Å²) >= 11 is 0. The molecule has 1 aromatic carbocycles. The molecule has 0 bridgehead atoms. The van der Waals surface area contributed by atoms with Crippen LogP contribution in [0.2, 0.25) is 0 Å². The lowest BCUT2D eigenvalue weighted by Gasteiger charge is -2.22. The quantitative estimate of drug-likeness (QED) is 0.505. The molecular formula is C22H24F3N5O2S. The first-order valence-corrected chi connectivity index (χ1v) is 11.8. The Balaban J connectivity index is 2.10. The fourth-order valence-electron chi connectivity index (χ4n) is 2.87. The molecule has 3 aromatic rings. The Bertz CT molecular complexity index is 1290. The highest BCUT2D eigenvalue weighted by molar-refractivity contribution is 7.90. The molecule has 0 atom stereocenters.